The van der Waals surface area contributed by atoms with Crippen LogP contribution in [-0.4, -0.2) is 44.3 Å². The Labute approximate surface area is 239 Å². The maximum absolute atomic E-state index is 13.8. The van der Waals surface area contributed by atoms with Gasteiger partial charge in [-0.3, -0.25) is 4.79 Å². The Morgan fingerprint density at radius 2 is 1.68 bits per heavy atom. The minimum absolute atomic E-state index is 0.0402. The number of carbonyl (C=O) groups is 2. The number of esters is 1. The highest BCUT2D eigenvalue weighted by Gasteiger charge is 2.41. The molecule has 0 saturated heterocycles. The highest BCUT2D eigenvalue weighted by atomic mass is 16.6. The number of carbonyl (C=O) groups excluding carboxylic acids is 2. The molecule has 1 heterocycles. The molecule has 1 aliphatic heterocycles. The minimum Gasteiger partial charge on any atom is -0.508 e. The van der Waals surface area contributed by atoms with E-state index < -0.39 is 11.9 Å². The van der Waals surface area contributed by atoms with Gasteiger partial charge in [-0.15, -0.1) is 0 Å². The highest BCUT2D eigenvalue weighted by molar-refractivity contribution is 6.04. The van der Waals surface area contributed by atoms with Gasteiger partial charge in [0.25, 0.3) is 0 Å². The van der Waals surface area contributed by atoms with Crippen molar-refractivity contribution < 1.29 is 33.6 Å². The van der Waals surface area contributed by atoms with Crippen molar-refractivity contribution in [3.63, 3.8) is 0 Å². The lowest BCUT2D eigenvalue weighted by atomic mass is 9.71. The molecule has 41 heavy (non-hydrogen) atoms. The van der Waals surface area contributed by atoms with Crippen LogP contribution in [0, 0.1) is 0 Å². The highest BCUT2D eigenvalue weighted by Crippen LogP contribution is 2.46. The summed E-state index contributed by atoms with van der Waals surface area (Å²) in [5.41, 5.74) is 3.83. The zero-order valence-corrected chi connectivity index (χ0v) is 23.3. The summed E-state index contributed by atoms with van der Waals surface area (Å²) in [4.78, 5) is 27.3. The van der Waals surface area contributed by atoms with Crippen LogP contribution in [0.3, 0.4) is 0 Å². The lowest BCUT2D eigenvalue weighted by Crippen LogP contribution is -2.36. The van der Waals surface area contributed by atoms with Crippen LogP contribution in [-0.2, 0) is 14.3 Å². The van der Waals surface area contributed by atoms with Crippen LogP contribution in [0.2, 0.25) is 0 Å². The first-order chi connectivity index (χ1) is 19.9. The monoisotopic (exact) mass is 555 g/mol. The zero-order valence-electron chi connectivity index (χ0n) is 23.3. The summed E-state index contributed by atoms with van der Waals surface area (Å²) in [6, 6.07) is 21.6. The molecule has 3 aromatic rings. The fourth-order valence-electron chi connectivity index (χ4n) is 5.58. The number of rotatable bonds is 9. The number of benzene rings is 3. The molecule has 8 nitrogen and oxygen atoms in total. The van der Waals surface area contributed by atoms with Crippen LogP contribution in [0.4, 0.5) is 0 Å². The summed E-state index contributed by atoms with van der Waals surface area (Å²) in [5, 5.41) is 13.6. The maximum Gasteiger partial charge on any atom is 0.336 e. The average molecular weight is 556 g/mol. The van der Waals surface area contributed by atoms with Crippen molar-refractivity contribution >= 4 is 11.8 Å². The molecule has 1 aliphatic carbocycles. The molecule has 0 fully saturated rings. The van der Waals surface area contributed by atoms with E-state index in [9.17, 15) is 14.7 Å². The summed E-state index contributed by atoms with van der Waals surface area (Å²) < 4.78 is 22.1. The fraction of sp³-hybridized carbons (Fsp3) is 0.273. The van der Waals surface area contributed by atoms with Gasteiger partial charge < -0.3 is 29.4 Å². The Morgan fingerprint density at radius 3 is 2.41 bits per heavy atom. The predicted octanol–water partition coefficient (Wildman–Crippen LogP) is 5.39. The zero-order chi connectivity index (χ0) is 28.9. The largest absolute Gasteiger partial charge is 0.508 e. The van der Waals surface area contributed by atoms with E-state index in [0.29, 0.717) is 46.1 Å². The van der Waals surface area contributed by atoms with Crippen LogP contribution in [0.5, 0.6) is 23.0 Å². The first-order valence-electron chi connectivity index (χ1n) is 13.5. The molecule has 5 rings (SSSR count). The average Bonchev–Trinajstić information content (AvgIpc) is 2.98. The summed E-state index contributed by atoms with van der Waals surface area (Å²) in [5.74, 6) is 0.574. The van der Waals surface area contributed by atoms with Crippen molar-refractivity contribution in [2.45, 2.75) is 31.6 Å². The van der Waals surface area contributed by atoms with Gasteiger partial charge in [0, 0.05) is 29.3 Å². The lowest BCUT2D eigenvalue weighted by Gasteiger charge is -2.36. The number of phenols is 1. The predicted molar refractivity (Wildman–Crippen MR) is 153 cm³/mol. The summed E-state index contributed by atoms with van der Waals surface area (Å²) in [6.45, 7) is 2.03. The number of allylic oxidation sites excluding steroid dienone is 3. The van der Waals surface area contributed by atoms with Gasteiger partial charge in [0.2, 0.25) is 0 Å². The van der Waals surface area contributed by atoms with Crippen LogP contribution in [0.1, 0.15) is 42.7 Å². The number of aromatic hydroxyl groups is 1. The fourth-order valence-corrected chi connectivity index (χ4v) is 5.58. The van der Waals surface area contributed by atoms with E-state index in [1.54, 1.807) is 39.3 Å². The minimum atomic E-state index is -0.681. The molecule has 3 aromatic carbocycles. The molecule has 0 amide bonds. The van der Waals surface area contributed by atoms with Crippen molar-refractivity contribution in [3.8, 4) is 23.0 Å². The SMILES string of the molecule is COc1ccc([C@H]2CC(=O)C3=C(C2)NC(C)=C(C(=O)OCCOc2ccccc2)[C@@H]3c2cccc(O)c2)cc1OC. The van der Waals surface area contributed by atoms with Crippen LogP contribution >= 0.6 is 0 Å². The third kappa shape index (κ3) is 5.91. The molecular weight excluding hydrogens is 522 g/mol. The Balaban J connectivity index is 1.42. The summed E-state index contributed by atoms with van der Waals surface area (Å²) in [7, 11) is 3.17. The van der Waals surface area contributed by atoms with Crippen molar-refractivity contribution in [1.82, 2.24) is 5.32 Å². The van der Waals surface area contributed by atoms with E-state index in [4.69, 9.17) is 18.9 Å². The number of methoxy groups -OCH3 is 2. The van der Waals surface area contributed by atoms with Gasteiger partial charge >= 0.3 is 5.97 Å². The van der Waals surface area contributed by atoms with E-state index in [0.717, 1.165) is 11.3 Å². The second-order valence-corrected chi connectivity index (χ2v) is 10.0. The lowest BCUT2D eigenvalue weighted by molar-refractivity contribution is -0.140. The number of nitrogens with one attached hydrogen (secondary N) is 1. The van der Waals surface area contributed by atoms with E-state index in [-0.39, 0.29) is 37.1 Å². The smallest absolute Gasteiger partial charge is 0.336 e. The normalized spacial score (nSPS) is 18.4. The number of dihydropyridines is 1. The molecule has 0 aromatic heterocycles. The molecule has 0 spiro atoms. The number of hydrogen-bond acceptors (Lipinski definition) is 8. The number of Topliss-reactive ketones (excluding diaryl/α,β-unsaturated/α-hetero) is 1. The Morgan fingerprint density at radius 1 is 0.902 bits per heavy atom. The molecule has 2 aliphatic rings. The molecule has 0 saturated carbocycles. The first kappa shape index (κ1) is 27.8. The van der Waals surface area contributed by atoms with Crippen molar-refractivity contribution in [2.75, 3.05) is 27.4 Å². The Hall–Kier alpha value is -4.72. The van der Waals surface area contributed by atoms with Crippen LogP contribution in [0.25, 0.3) is 0 Å². The number of hydrogen-bond donors (Lipinski definition) is 2. The van der Waals surface area contributed by atoms with Gasteiger partial charge in [-0.05, 0) is 66.8 Å². The van der Waals surface area contributed by atoms with E-state index >= 15 is 0 Å². The van der Waals surface area contributed by atoms with E-state index in [1.165, 1.54) is 0 Å². The topological polar surface area (TPSA) is 103 Å². The van der Waals surface area contributed by atoms with E-state index in [2.05, 4.69) is 5.32 Å². The van der Waals surface area contributed by atoms with Gasteiger partial charge in [0.15, 0.2) is 17.3 Å². The van der Waals surface area contributed by atoms with Gasteiger partial charge in [0.05, 0.1) is 19.8 Å². The molecule has 2 N–H and O–H groups in total. The van der Waals surface area contributed by atoms with E-state index in [1.807, 2.05) is 54.6 Å². The number of phenolic OH excluding ortho intramolecular Hbond substituents is 1. The van der Waals surface area contributed by atoms with Crippen molar-refractivity contribution in [2.24, 2.45) is 0 Å². The molecular formula is C33H33NO7. The van der Waals surface area contributed by atoms with Crippen LogP contribution in [0.15, 0.2) is 95.3 Å². The summed E-state index contributed by atoms with van der Waals surface area (Å²) in [6.07, 6.45) is 0.827. The molecule has 0 unspecified atom stereocenters. The third-order valence-corrected chi connectivity index (χ3v) is 7.46. The Kier molecular flexibility index (Phi) is 8.29. The van der Waals surface area contributed by atoms with Gasteiger partial charge in [-0.25, -0.2) is 4.79 Å². The molecule has 0 radical (unpaired) electrons. The maximum atomic E-state index is 13.8. The second kappa shape index (κ2) is 12.2. The van der Waals surface area contributed by atoms with Gasteiger partial charge in [-0.2, -0.15) is 0 Å². The molecule has 0 bridgehead atoms. The van der Waals surface area contributed by atoms with Crippen molar-refractivity contribution in [1.29, 1.82) is 0 Å². The standard InChI is InChI=1S/C33H33NO7/c1-20-30(33(37)41-15-14-40-25-10-5-4-6-11-25)31(22-8-7-9-24(35)16-22)32-26(34-20)17-23(18-27(32)36)21-12-13-28(38-2)29(19-21)39-3/h4-13,16,19,23,31,34-35H,14-15,17-18H2,1-3H3/t23-,31+/m1/s1. The number of ketones is 1. The van der Waals surface area contributed by atoms with Crippen molar-refractivity contribution in [3.05, 3.63) is 106 Å². The Bertz CT molecular complexity index is 1510. The first-order valence-corrected chi connectivity index (χ1v) is 13.5. The number of ether oxygens (including phenoxy) is 4. The van der Waals surface area contributed by atoms with Gasteiger partial charge in [-0.1, -0.05) is 36.4 Å². The number of para-hydroxylation sites is 1. The quantitative estimate of drug-likeness (QED) is 0.268. The van der Waals surface area contributed by atoms with Crippen LogP contribution < -0.4 is 19.5 Å². The third-order valence-electron chi connectivity index (χ3n) is 7.46. The molecule has 212 valence electrons. The van der Waals surface area contributed by atoms with Gasteiger partial charge in [0.1, 0.15) is 24.7 Å². The second-order valence-electron chi connectivity index (χ2n) is 10.0. The molecule has 2 atom stereocenters. The summed E-state index contributed by atoms with van der Waals surface area (Å²) >= 11 is 0. The molecule has 8 heteroatoms.